The van der Waals surface area contributed by atoms with Gasteiger partial charge < -0.3 is 20.8 Å². The molecule has 1 heterocycles. The molecular weight excluding hydrogens is 287 g/mol. The maximum absolute atomic E-state index is 14.2. The molecule has 0 aliphatic carbocycles. The second-order valence-electron chi connectivity index (χ2n) is 5.78. The Balaban J connectivity index is 2.16. The van der Waals surface area contributed by atoms with Crippen molar-refractivity contribution in [1.82, 2.24) is 10.6 Å². The van der Waals surface area contributed by atoms with Crippen molar-refractivity contribution in [2.75, 3.05) is 19.6 Å². The number of amides is 1. The number of hydrogen-bond donors (Lipinski definition) is 4. The Morgan fingerprint density at radius 2 is 2.23 bits per heavy atom. The molecule has 1 aliphatic rings. The lowest BCUT2D eigenvalue weighted by molar-refractivity contribution is -0.0447. The number of aliphatic hydroxyl groups is 1. The van der Waals surface area contributed by atoms with E-state index in [2.05, 4.69) is 10.6 Å². The van der Waals surface area contributed by atoms with E-state index in [1.807, 2.05) is 0 Å². The van der Waals surface area contributed by atoms with Crippen molar-refractivity contribution in [2.24, 2.45) is 5.92 Å². The molecule has 0 saturated carbocycles. The molecule has 2 unspecified atom stereocenters. The van der Waals surface area contributed by atoms with E-state index < -0.39 is 17.5 Å². The second-order valence-corrected chi connectivity index (χ2v) is 5.78. The topological polar surface area (TPSA) is 81.6 Å². The third kappa shape index (κ3) is 3.96. The highest BCUT2D eigenvalue weighted by Gasteiger charge is 2.40. The molecule has 4 N–H and O–H groups in total. The zero-order valence-corrected chi connectivity index (χ0v) is 12.5. The highest BCUT2D eigenvalue weighted by Crippen LogP contribution is 2.38. The van der Waals surface area contributed by atoms with E-state index in [1.165, 1.54) is 6.07 Å². The molecule has 2 atom stereocenters. The van der Waals surface area contributed by atoms with Crippen LogP contribution in [-0.2, 0) is 5.60 Å². The number of piperidine rings is 1. The highest BCUT2D eigenvalue weighted by atomic mass is 19.1. The Morgan fingerprint density at radius 1 is 1.45 bits per heavy atom. The van der Waals surface area contributed by atoms with Crippen molar-refractivity contribution in [3.05, 3.63) is 35.6 Å². The molecule has 0 aromatic heterocycles. The van der Waals surface area contributed by atoms with Gasteiger partial charge >= 0.3 is 6.09 Å². The van der Waals surface area contributed by atoms with Gasteiger partial charge in [0.05, 0.1) is 5.60 Å². The standard InChI is InChI=1S/C16H23FN2O3/c17-14-7-2-1-6-13(14)16(22,8-4-10-19-15(20)21)12-5-3-9-18-11-12/h1-2,6-7,12,18-19,22H,3-5,8-11H2,(H,20,21). The number of carbonyl (C=O) groups is 1. The normalized spacial score (nSPS) is 21.1. The Morgan fingerprint density at radius 3 is 2.86 bits per heavy atom. The van der Waals surface area contributed by atoms with Crippen molar-refractivity contribution < 1.29 is 19.4 Å². The summed E-state index contributed by atoms with van der Waals surface area (Å²) in [6.45, 7) is 1.79. The van der Waals surface area contributed by atoms with E-state index in [0.29, 0.717) is 24.9 Å². The Kier molecular flexibility index (Phi) is 5.74. The van der Waals surface area contributed by atoms with Gasteiger partial charge in [-0.15, -0.1) is 0 Å². The summed E-state index contributed by atoms with van der Waals surface area (Å²) in [5.41, 5.74) is -0.974. The molecule has 1 aliphatic heterocycles. The van der Waals surface area contributed by atoms with Crippen LogP contribution in [0.15, 0.2) is 24.3 Å². The number of halogens is 1. The smallest absolute Gasteiger partial charge is 0.404 e. The van der Waals surface area contributed by atoms with Gasteiger partial charge in [0.15, 0.2) is 0 Å². The number of benzene rings is 1. The zero-order chi connectivity index (χ0) is 16.0. The number of hydrogen-bond acceptors (Lipinski definition) is 3. The van der Waals surface area contributed by atoms with Gasteiger partial charge in [0, 0.05) is 24.6 Å². The third-order valence-corrected chi connectivity index (χ3v) is 4.32. The maximum Gasteiger partial charge on any atom is 0.404 e. The van der Waals surface area contributed by atoms with Crippen LogP contribution in [0.3, 0.4) is 0 Å². The van der Waals surface area contributed by atoms with Gasteiger partial charge in [-0.05, 0) is 38.3 Å². The first kappa shape index (κ1) is 16.7. The van der Waals surface area contributed by atoms with Crippen LogP contribution >= 0.6 is 0 Å². The quantitative estimate of drug-likeness (QED) is 0.606. The van der Waals surface area contributed by atoms with E-state index in [1.54, 1.807) is 18.2 Å². The van der Waals surface area contributed by atoms with Gasteiger partial charge in [-0.3, -0.25) is 0 Å². The first-order valence-electron chi connectivity index (χ1n) is 7.69. The molecule has 0 spiro atoms. The average Bonchev–Trinajstić information content (AvgIpc) is 2.52. The van der Waals surface area contributed by atoms with Crippen LogP contribution in [0.25, 0.3) is 0 Å². The van der Waals surface area contributed by atoms with E-state index >= 15 is 0 Å². The van der Waals surface area contributed by atoms with Gasteiger partial charge in [-0.1, -0.05) is 18.2 Å². The molecule has 0 radical (unpaired) electrons. The molecule has 1 aromatic carbocycles. The van der Waals surface area contributed by atoms with E-state index in [9.17, 15) is 14.3 Å². The van der Waals surface area contributed by atoms with Crippen LogP contribution in [0.4, 0.5) is 9.18 Å². The van der Waals surface area contributed by atoms with E-state index in [0.717, 1.165) is 19.4 Å². The highest BCUT2D eigenvalue weighted by molar-refractivity contribution is 5.64. The van der Waals surface area contributed by atoms with E-state index in [-0.39, 0.29) is 12.5 Å². The fourth-order valence-corrected chi connectivity index (χ4v) is 3.18. The van der Waals surface area contributed by atoms with Crippen LogP contribution in [0, 0.1) is 11.7 Å². The molecule has 1 amide bonds. The second kappa shape index (κ2) is 7.56. The van der Waals surface area contributed by atoms with Gasteiger partial charge in [-0.25, -0.2) is 9.18 Å². The van der Waals surface area contributed by atoms with Crippen LogP contribution in [0.5, 0.6) is 0 Å². The fraction of sp³-hybridized carbons (Fsp3) is 0.562. The Bertz CT molecular complexity index is 506. The van der Waals surface area contributed by atoms with Crippen molar-refractivity contribution in [2.45, 2.75) is 31.3 Å². The Labute approximate surface area is 129 Å². The minimum Gasteiger partial charge on any atom is -0.465 e. The van der Waals surface area contributed by atoms with Crippen LogP contribution in [0.1, 0.15) is 31.2 Å². The molecule has 1 fully saturated rings. The summed E-state index contributed by atoms with van der Waals surface area (Å²) < 4.78 is 14.2. The predicted octanol–water partition coefficient (Wildman–Crippen LogP) is 2.06. The van der Waals surface area contributed by atoms with Crippen molar-refractivity contribution in [3.63, 3.8) is 0 Å². The van der Waals surface area contributed by atoms with E-state index in [4.69, 9.17) is 5.11 Å². The first-order valence-corrected chi connectivity index (χ1v) is 7.69. The monoisotopic (exact) mass is 310 g/mol. The minimum absolute atomic E-state index is 0.0806. The minimum atomic E-state index is -1.28. The lowest BCUT2D eigenvalue weighted by Gasteiger charge is -2.39. The lowest BCUT2D eigenvalue weighted by atomic mass is 9.74. The molecule has 1 aromatic rings. The maximum atomic E-state index is 14.2. The molecule has 22 heavy (non-hydrogen) atoms. The number of nitrogens with one attached hydrogen (secondary N) is 2. The SMILES string of the molecule is O=C(O)NCCCC(O)(c1ccccc1F)C1CCCNC1. The predicted molar refractivity (Wildman–Crippen MR) is 81.2 cm³/mol. The van der Waals surface area contributed by atoms with Gasteiger partial charge in [0.2, 0.25) is 0 Å². The molecule has 0 bridgehead atoms. The summed E-state index contributed by atoms with van der Waals surface area (Å²) >= 11 is 0. The number of carboxylic acid groups (broad SMARTS) is 1. The first-order chi connectivity index (χ1) is 10.5. The van der Waals surface area contributed by atoms with Crippen LogP contribution in [0.2, 0.25) is 0 Å². The van der Waals surface area contributed by atoms with Crippen molar-refractivity contribution in [1.29, 1.82) is 0 Å². The summed E-state index contributed by atoms with van der Waals surface area (Å²) in [5.74, 6) is -0.496. The summed E-state index contributed by atoms with van der Waals surface area (Å²) in [6, 6.07) is 6.29. The molecule has 2 rings (SSSR count). The van der Waals surface area contributed by atoms with Gasteiger partial charge in [0.1, 0.15) is 5.82 Å². The largest absolute Gasteiger partial charge is 0.465 e. The summed E-state index contributed by atoms with van der Waals surface area (Å²) in [5, 5.41) is 25.3. The van der Waals surface area contributed by atoms with Crippen LogP contribution in [-0.4, -0.2) is 35.9 Å². The van der Waals surface area contributed by atoms with Gasteiger partial charge in [-0.2, -0.15) is 0 Å². The molecule has 5 nitrogen and oxygen atoms in total. The van der Waals surface area contributed by atoms with Gasteiger partial charge in [0.25, 0.3) is 0 Å². The van der Waals surface area contributed by atoms with Crippen LogP contribution < -0.4 is 10.6 Å². The summed E-state index contributed by atoms with van der Waals surface area (Å²) in [4.78, 5) is 10.5. The lowest BCUT2D eigenvalue weighted by Crippen LogP contribution is -2.45. The molecule has 122 valence electrons. The zero-order valence-electron chi connectivity index (χ0n) is 12.5. The molecular formula is C16H23FN2O3. The third-order valence-electron chi connectivity index (χ3n) is 4.32. The molecule has 1 saturated heterocycles. The Hall–Kier alpha value is -1.66. The summed E-state index contributed by atoms with van der Waals surface area (Å²) in [7, 11) is 0. The van der Waals surface area contributed by atoms with Crippen molar-refractivity contribution in [3.8, 4) is 0 Å². The molecule has 6 heteroatoms. The fourth-order valence-electron chi connectivity index (χ4n) is 3.18. The van der Waals surface area contributed by atoms with Crippen molar-refractivity contribution >= 4 is 6.09 Å². The average molecular weight is 310 g/mol. The number of rotatable bonds is 6. The summed E-state index contributed by atoms with van der Waals surface area (Å²) in [6.07, 6.45) is 1.45.